The van der Waals surface area contributed by atoms with Gasteiger partial charge < -0.3 is 9.26 Å². The molecule has 0 radical (unpaired) electrons. The van der Waals surface area contributed by atoms with E-state index in [4.69, 9.17) is 9.26 Å². The summed E-state index contributed by atoms with van der Waals surface area (Å²) in [6.45, 7) is 4.84. The number of hydrogen-bond acceptors (Lipinski definition) is 7. The Morgan fingerprint density at radius 3 is 2.64 bits per heavy atom. The summed E-state index contributed by atoms with van der Waals surface area (Å²) < 4.78 is 10.5. The van der Waals surface area contributed by atoms with Crippen molar-refractivity contribution < 1.29 is 9.26 Å². The van der Waals surface area contributed by atoms with Crippen LogP contribution in [0.3, 0.4) is 0 Å². The molecule has 0 fully saturated rings. The first-order valence-electron chi connectivity index (χ1n) is 8.35. The lowest BCUT2D eigenvalue weighted by Crippen LogP contribution is -1.98. The van der Waals surface area contributed by atoms with Crippen LogP contribution in [0.1, 0.15) is 55.0 Å². The van der Waals surface area contributed by atoms with Gasteiger partial charge in [-0.15, -0.1) is 10.2 Å². The van der Waals surface area contributed by atoms with Crippen molar-refractivity contribution in [2.45, 2.75) is 45.1 Å². The molecule has 0 spiro atoms. The lowest BCUT2D eigenvalue weighted by Gasteiger charge is -2.11. The van der Waals surface area contributed by atoms with Crippen LogP contribution in [-0.4, -0.2) is 27.4 Å². The van der Waals surface area contributed by atoms with Crippen LogP contribution in [0.15, 0.2) is 35.1 Å². The summed E-state index contributed by atoms with van der Waals surface area (Å²) in [6.07, 6.45) is 5.58. The minimum absolute atomic E-state index is 0.313. The van der Waals surface area contributed by atoms with Gasteiger partial charge in [0.15, 0.2) is 0 Å². The van der Waals surface area contributed by atoms with Crippen molar-refractivity contribution in [3.8, 4) is 10.6 Å². The highest BCUT2D eigenvalue weighted by Gasteiger charge is 2.17. The summed E-state index contributed by atoms with van der Waals surface area (Å²) in [4.78, 5) is 4.04. The zero-order valence-corrected chi connectivity index (χ0v) is 15.5. The molecule has 0 aliphatic rings. The second-order valence-electron chi connectivity index (χ2n) is 6.21. The number of rotatable bonds is 8. The van der Waals surface area contributed by atoms with Gasteiger partial charge in [0, 0.05) is 43.0 Å². The zero-order chi connectivity index (χ0) is 17.6. The van der Waals surface area contributed by atoms with Gasteiger partial charge in [-0.2, -0.15) is 0 Å². The van der Waals surface area contributed by atoms with E-state index in [1.807, 2.05) is 18.2 Å². The molecule has 7 heteroatoms. The van der Waals surface area contributed by atoms with Crippen LogP contribution in [-0.2, 0) is 11.3 Å². The molecule has 0 saturated heterocycles. The van der Waals surface area contributed by atoms with Crippen LogP contribution in [0, 0.1) is 0 Å². The molecular weight excluding hydrogens is 336 g/mol. The third-order valence-corrected chi connectivity index (χ3v) is 5.38. The smallest absolute Gasteiger partial charge is 0.147 e. The number of nitrogens with zero attached hydrogens (tertiary/aromatic N) is 4. The summed E-state index contributed by atoms with van der Waals surface area (Å²) in [5, 5.41) is 14.7. The van der Waals surface area contributed by atoms with Crippen LogP contribution >= 0.6 is 11.3 Å². The molecule has 0 amide bonds. The monoisotopic (exact) mass is 358 g/mol. The Labute approximate surface area is 151 Å². The first kappa shape index (κ1) is 17.7. The van der Waals surface area contributed by atoms with E-state index in [0.29, 0.717) is 18.4 Å². The minimum Gasteiger partial charge on any atom is -0.378 e. The average Bonchev–Trinajstić information content (AvgIpc) is 3.30. The molecule has 3 aromatic rings. The van der Waals surface area contributed by atoms with E-state index in [2.05, 4.69) is 34.2 Å². The van der Waals surface area contributed by atoms with Gasteiger partial charge in [-0.25, -0.2) is 0 Å². The normalized spacial score (nSPS) is 13.7. The number of ether oxygens (including phenoxy) is 1. The van der Waals surface area contributed by atoms with Gasteiger partial charge in [0.2, 0.25) is 0 Å². The van der Waals surface area contributed by atoms with Gasteiger partial charge in [0.25, 0.3) is 0 Å². The highest BCUT2D eigenvalue weighted by molar-refractivity contribution is 7.14. The standard InChI is InChI=1S/C18H22N4O2S/c1-12(16-10-15(11-23-3)22-24-16)4-5-13(2)17-20-21-18(25-17)14-6-8-19-9-7-14/h6-10,12-13H,4-5,11H2,1-3H3. The first-order valence-corrected chi connectivity index (χ1v) is 9.17. The number of methoxy groups -OCH3 is 1. The fraction of sp³-hybridized carbons (Fsp3) is 0.444. The van der Waals surface area contributed by atoms with E-state index in [0.717, 1.165) is 39.9 Å². The molecule has 3 aromatic heterocycles. The summed E-state index contributed by atoms with van der Waals surface area (Å²) >= 11 is 1.65. The van der Waals surface area contributed by atoms with E-state index in [9.17, 15) is 0 Å². The van der Waals surface area contributed by atoms with Crippen molar-refractivity contribution in [1.82, 2.24) is 20.3 Å². The fourth-order valence-electron chi connectivity index (χ4n) is 2.59. The Hall–Kier alpha value is -2.12. The molecule has 0 N–H and O–H groups in total. The highest BCUT2D eigenvalue weighted by Crippen LogP contribution is 2.32. The second kappa shape index (κ2) is 8.31. The van der Waals surface area contributed by atoms with Gasteiger partial charge in [-0.1, -0.05) is 30.3 Å². The predicted molar refractivity (Wildman–Crippen MR) is 96.4 cm³/mol. The van der Waals surface area contributed by atoms with E-state index < -0.39 is 0 Å². The Kier molecular flexibility index (Phi) is 5.88. The second-order valence-corrected chi connectivity index (χ2v) is 7.22. The van der Waals surface area contributed by atoms with Crippen molar-refractivity contribution in [2.75, 3.05) is 7.11 Å². The van der Waals surface area contributed by atoms with Gasteiger partial charge in [0.1, 0.15) is 21.5 Å². The van der Waals surface area contributed by atoms with Crippen molar-refractivity contribution in [3.05, 3.63) is 47.1 Å². The maximum Gasteiger partial charge on any atom is 0.147 e. The van der Waals surface area contributed by atoms with Crippen molar-refractivity contribution in [2.24, 2.45) is 0 Å². The lowest BCUT2D eigenvalue weighted by molar-refractivity contribution is 0.177. The van der Waals surface area contributed by atoms with E-state index in [1.54, 1.807) is 30.8 Å². The Balaban J connectivity index is 1.57. The van der Waals surface area contributed by atoms with Gasteiger partial charge in [0.05, 0.1) is 6.61 Å². The molecule has 6 nitrogen and oxygen atoms in total. The maximum absolute atomic E-state index is 5.42. The Morgan fingerprint density at radius 1 is 1.12 bits per heavy atom. The van der Waals surface area contributed by atoms with E-state index in [1.165, 1.54) is 0 Å². The van der Waals surface area contributed by atoms with Crippen molar-refractivity contribution in [1.29, 1.82) is 0 Å². The van der Waals surface area contributed by atoms with Crippen molar-refractivity contribution >= 4 is 11.3 Å². The van der Waals surface area contributed by atoms with E-state index >= 15 is 0 Å². The molecule has 132 valence electrons. The largest absolute Gasteiger partial charge is 0.378 e. The van der Waals surface area contributed by atoms with Gasteiger partial charge in [-0.3, -0.25) is 4.98 Å². The summed E-state index contributed by atoms with van der Waals surface area (Å²) in [6, 6.07) is 5.89. The van der Waals surface area contributed by atoms with Crippen molar-refractivity contribution in [3.63, 3.8) is 0 Å². The molecule has 25 heavy (non-hydrogen) atoms. The highest BCUT2D eigenvalue weighted by atomic mass is 32.1. The predicted octanol–water partition coefficient (Wildman–Crippen LogP) is 4.42. The van der Waals surface area contributed by atoms with Crippen LogP contribution in [0.2, 0.25) is 0 Å². The minimum atomic E-state index is 0.313. The molecule has 0 aromatic carbocycles. The lowest BCUT2D eigenvalue weighted by atomic mass is 9.96. The number of hydrogen-bond donors (Lipinski definition) is 0. The molecule has 0 saturated carbocycles. The third-order valence-electron chi connectivity index (χ3n) is 4.18. The molecule has 0 aliphatic carbocycles. The first-order chi connectivity index (χ1) is 12.2. The van der Waals surface area contributed by atoms with Crippen LogP contribution in [0.4, 0.5) is 0 Å². The van der Waals surface area contributed by atoms with Crippen LogP contribution in [0.5, 0.6) is 0 Å². The number of pyridine rings is 1. The van der Waals surface area contributed by atoms with Gasteiger partial charge in [-0.05, 0) is 25.0 Å². The number of aromatic nitrogens is 4. The molecule has 3 heterocycles. The molecule has 2 unspecified atom stereocenters. The fourth-order valence-corrected chi connectivity index (χ4v) is 3.52. The molecule has 3 rings (SSSR count). The van der Waals surface area contributed by atoms with E-state index in [-0.39, 0.29) is 0 Å². The summed E-state index contributed by atoms with van der Waals surface area (Å²) in [5.74, 6) is 1.58. The summed E-state index contributed by atoms with van der Waals surface area (Å²) in [5.41, 5.74) is 1.90. The Morgan fingerprint density at radius 2 is 1.88 bits per heavy atom. The average molecular weight is 358 g/mol. The van der Waals surface area contributed by atoms with Crippen LogP contribution < -0.4 is 0 Å². The molecule has 0 aliphatic heterocycles. The quantitative estimate of drug-likeness (QED) is 0.593. The molecule has 0 bridgehead atoms. The Bertz CT molecular complexity index is 787. The SMILES string of the molecule is COCc1cc(C(C)CCC(C)c2nnc(-c3ccncc3)s2)on1. The third kappa shape index (κ3) is 4.49. The maximum atomic E-state index is 5.42. The summed E-state index contributed by atoms with van der Waals surface area (Å²) in [7, 11) is 1.65. The molecule has 2 atom stereocenters. The molecular formula is C18H22N4O2S. The van der Waals surface area contributed by atoms with Gasteiger partial charge >= 0.3 is 0 Å². The topological polar surface area (TPSA) is 73.9 Å². The zero-order valence-electron chi connectivity index (χ0n) is 14.7. The van der Waals surface area contributed by atoms with Crippen LogP contribution in [0.25, 0.3) is 10.6 Å².